The van der Waals surface area contributed by atoms with Gasteiger partial charge in [-0.1, -0.05) is 0 Å². The van der Waals surface area contributed by atoms with Gasteiger partial charge in [-0.05, 0) is 12.8 Å². The van der Waals surface area contributed by atoms with E-state index < -0.39 is 11.8 Å². The lowest BCUT2D eigenvalue weighted by Gasteiger charge is -2.38. The third-order valence-electron chi connectivity index (χ3n) is 2.82. The van der Waals surface area contributed by atoms with E-state index in [9.17, 15) is 18.3 Å². The summed E-state index contributed by atoms with van der Waals surface area (Å²) >= 11 is 0. The van der Waals surface area contributed by atoms with Gasteiger partial charge < -0.3 is 14.7 Å². The third-order valence-corrected chi connectivity index (χ3v) is 2.82. The van der Waals surface area contributed by atoms with Crippen LogP contribution in [0.3, 0.4) is 0 Å². The molecule has 1 rings (SSSR count). The molecule has 1 heterocycles. The van der Waals surface area contributed by atoms with Crippen molar-refractivity contribution in [2.24, 2.45) is 0 Å². The molecule has 0 aromatic heterocycles. The molecule has 1 fully saturated rings. The molecule has 1 saturated heterocycles. The fourth-order valence-electron chi connectivity index (χ4n) is 1.65. The summed E-state index contributed by atoms with van der Waals surface area (Å²) in [6.07, 6.45) is -5.01. The average molecular weight is 227 g/mol. The molecular formula is C9H16F3NO2. The number of nitrogens with zero attached hydrogens (tertiary/aromatic N) is 1. The first-order chi connectivity index (χ1) is 6.89. The molecule has 0 bridgehead atoms. The highest BCUT2D eigenvalue weighted by Crippen LogP contribution is 2.38. The molecule has 1 N–H and O–H groups in total. The van der Waals surface area contributed by atoms with E-state index in [4.69, 9.17) is 4.74 Å². The number of halogens is 3. The number of aliphatic hydroxyl groups is 1. The molecule has 0 radical (unpaired) electrons. The molecule has 90 valence electrons. The Morgan fingerprint density at radius 3 is 2.27 bits per heavy atom. The van der Waals surface area contributed by atoms with Crippen molar-refractivity contribution in [1.29, 1.82) is 0 Å². The van der Waals surface area contributed by atoms with Crippen LogP contribution in [0.5, 0.6) is 0 Å². The maximum absolute atomic E-state index is 12.4. The number of hydrogen-bond acceptors (Lipinski definition) is 3. The second-order valence-corrected chi connectivity index (χ2v) is 3.86. The van der Waals surface area contributed by atoms with Gasteiger partial charge in [0.05, 0.1) is 6.61 Å². The second kappa shape index (κ2) is 4.67. The first-order valence-corrected chi connectivity index (χ1v) is 4.89. The van der Waals surface area contributed by atoms with Crippen LogP contribution in [0, 0.1) is 0 Å². The third kappa shape index (κ3) is 3.06. The van der Waals surface area contributed by atoms with E-state index in [0.29, 0.717) is 13.2 Å². The second-order valence-electron chi connectivity index (χ2n) is 3.86. The Bertz CT molecular complexity index is 200. The Hall–Kier alpha value is -0.330. The summed E-state index contributed by atoms with van der Waals surface area (Å²) in [5.41, 5.74) is -2.49. The van der Waals surface area contributed by atoms with Crippen molar-refractivity contribution >= 4 is 0 Å². The predicted octanol–water partition coefficient (Wildman–Crippen LogP) is 1.02. The average Bonchev–Trinajstić information content (AvgIpc) is 2.15. The molecule has 0 aliphatic carbocycles. The predicted molar refractivity (Wildman–Crippen MR) is 48.6 cm³/mol. The van der Waals surface area contributed by atoms with Crippen LogP contribution in [-0.4, -0.2) is 55.1 Å². The number of methoxy groups -OCH3 is 1. The van der Waals surface area contributed by atoms with Gasteiger partial charge in [-0.2, -0.15) is 13.2 Å². The number of ether oxygens (including phenoxy) is 1. The van der Waals surface area contributed by atoms with Crippen molar-refractivity contribution in [3.63, 3.8) is 0 Å². The van der Waals surface area contributed by atoms with Crippen molar-refractivity contribution < 1.29 is 23.0 Å². The number of rotatable bonds is 3. The van der Waals surface area contributed by atoms with Crippen LogP contribution < -0.4 is 0 Å². The summed E-state index contributed by atoms with van der Waals surface area (Å²) < 4.78 is 42.1. The number of piperidine rings is 1. The fourth-order valence-corrected chi connectivity index (χ4v) is 1.65. The van der Waals surface area contributed by atoms with Crippen LogP contribution in [0.2, 0.25) is 0 Å². The molecule has 0 saturated carbocycles. The van der Waals surface area contributed by atoms with E-state index in [0.717, 1.165) is 0 Å². The summed E-state index contributed by atoms with van der Waals surface area (Å²) in [4.78, 5) is 1.86. The lowest BCUT2D eigenvalue weighted by atomic mass is 9.91. The SMILES string of the molecule is COCCN1CCC(O)(C(F)(F)F)CC1. The van der Waals surface area contributed by atoms with Crippen molar-refractivity contribution in [3.8, 4) is 0 Å². The first-order valence-electron chi connectivity index (χ1n) is 4.89. The smallest absolute Gasteiger partial charge is 0.383 e. The minimum atomic E-state index is -4.51. The molecule has 1 aliphatic heterocycles. The van der Waals surface area contributed by atoms with Gasteiger partial charge >= 0.3 is 6.18 Å². The van der Waals surface area contributed by atoms with Gasteiger partial charge in [0.1, 0.15) is 0 Å². The first kappa shape index (κ1) is 12.7. The summed E-state index contributed by atoms with van der Waals surface area (Å²) in [5, 5.41) is 9.37. The van der Waals surface area contributed by atoms with E-state index in [1.165, 1.54) is 0 Å². The highest BCUT2D eigenvalue weighted by atomic mass is 19.4. The van der Waals surface area contributed by atoms with Gasteiger partial charge in [0, 0.05) is 26.7 Å². The summed E-state index contributed by atoms with van der Waals surface area (Å²) in [5.74, 6) is 0. The van der Waals surface area contributed by atoms with Crippen LogP contribution in [0.1, 0.15) is 12.8 Å². The molecule has 15 heavy (non-hydrogen) atoms. The molecule has 6 heteroatoms. The summed E-state index contributed by atoms with van der Waals surface area (Å²) in [7, 11) is 1.55. The zero-order valence-corrected chi connectivity index (χ0v) is 8.68. The van der Waals surface area contributed by atoms with Gasteiger partial charge in [0.15, 0.2) is 5.60 Å². The van der Waals surface area contributed by atoms with E-state index in [2.05, 4.69) is 0 Å². The Labute approximate surface area is 86.8 Å². The number of hydrogen-bond donors (Lipinski definition) is 1. The van der Waals surface area contributed by atoms with Gasteiger partial charge in [0.2, 0.25) is 0 Å². The Morgan fingerprint density at radius 2 is 1.87 bits per heavy atom. The fraction of sp³-hybridized carbons (Fsp3) is 1.00. The Morgan fingerprint density at radius 1 is 1.33 bits per heavy atom. The molecule has 1 aliphatic rings. The highest BCUT2D eigenvalue weighted by molar-refractivity contribution is 4.91. The minimum absolute atomic E-state index is 0.250. The monoisotopic (exact) mass is 227 g/mol. The van der Waals surface area contributed by atoms with E-state index in [1.807, 2.05) is 4.90 Å². The zero-order chi connectivity index (χ0) is 11.5. The van der Waals surface area contributed by atoms with Gasteiger partial charge in [-0.3, -0.25) is 0 Å². The van der Waals surface area contributed by atoms with Crippen LogP contribution in [0.25, 0.3) is 0 Å². The van der Waals surface area contributed by atoms with Gasteiger partial charge in [-0.25, -0.2) is 0 Å². The number of alkyl halides is 3. The molecule has 0 unspecified atom stereocenters. The molecule has 0 spiro atoms. The Balaban J connectivity index is 2.41. The standard InChI is InChI=1S/C9H16F3NO2/c1-15-7-6-13-4-2-8(14,3-5-13)9(10,11)12/h14H,2-7H2,1H3. The van der Waals surface area contributed by atoms with Crippen molar-refractivity contribution in [2.45, 2.75) is 24.6 Å². The van der Waals surface area contributed by atoms with Crippen LogP contribution >= 0.6 is 0 Å². The van der Waals surface area contributed by atoms with Crippen LogP contribution in [0.15, 0.2) is 0 Å². The molecule has 0 amide bonds. The van der Waals surface area contributed by atoms with Crippen molar-refractivity contribution in [3.05, 3.63) is 0 Å². The van der Waals surface area contributed by atoms with Crippen molar-refractivity contribution in [1.82, 2.24) is 4.90 Å². The summed E-state index contributed by atoms with van der Waals surface area (Å²) in [6.45, 7) is 1.65. The maximum atomic E-state index is 12.4. The maximum Gasteiger partial charge on any atom is 0.417 e. The van der Waals surface area contributed by atoms with Gasteiger partial charge in [0.25, 0.3) is 0 Å². The van der Waals surface area contributed by atoms with E-state index in [-0.39, 0.29) is 25.9 Å². The minimum Gasteiger partial charge on any atom is -0.383 e. The van der Waals surface area contributed by atoms with Crippen molar-refractivity contribution in [2.75, 3.05) is 33.4 Å². The lowest BCUT2D eigenvalue weighted by molar-refractivity contribution is -0.272. The molecular weight excluding hydrogens is 211 g/mol. The largest absolute Gasteiger partial charge is 0.417 e. The number of likely N-dealkylation sites (tertiary alicyclic amines) is 1. The molecule has 0 aromatic carbocycles. The lowest BCUT2D eigenvalue weighted by Crippen LogP contribution is -2.53. The molecule has 3 nitrogen and oxygen atoms in total. The van der Waals surface area contributed by atoms with Crippen LogP contribution in [-0.2, 0) is 4.74 Å². The quantitative estimate of drug-likeness (QED) is 0.781. The van der Waals surface area contributed by atoms with E-state index >= 15 is 0 Å². The van der Waals surface area contributed by atoms with Crippen LogP contribution in [0.4, 0.5) is 13.2 Å². The van der Waals surface area contributed by atoms with E-state index in [1.54, 1.807) is 7.11 Å². The highest BCUT2D eigenvalue weighted by Gasteiger charge is 2.54. The van der Waals surface area contributed by atoms with Gasteiger partial charge in [-0.15, -0.1) is 0 Å². The molecule has 0 aromatic rings. The topological polar surface area (TPSA) is 32.7 Å². The normalized spacial score (nSPS) is 23.0. The summed E-state index contributed by atoms with van der Waals surface area (Å²) in [6, 6.07) is 0. The Kier molecular flexibility index (Phi) is 3.97. The zero-order valence-electron chi connectivity index (χ0n) is 8.68. The molecule has 0 atom stereocenters.